The second-order valence-corrected chi connectivity index (χ2v) is 4.59. The Hall–Kier alpha value is -1.62. The molecular formula is C17H26IN3O2. The molecule has 0 aliphatic rings. The van der Waals surface area contributed by atoms with Crippen molar-refractivity contribution in [3.63, 3.8) is 0 Å². The van der Waals surface area contributed by atoms with Crippen LogP contribution >= 0.6 is 24.0 Å². The zero-order valence-electron chi connectivity index (χ0n) is 14.0. The van der Waals surface area contributed by atoms with Crippen molar-refractivity contribution in [1.82, 2.24) is 10.6 Å². The molecule has 6 heteroatoms. The molecule has 0 spiro atoms. The Labute approximate surface area is 156 Å². The van der Waals surface area contributed by atoms with Crippen molar-refractivity contribution < 1.29 is 9.47 Å². The summed E-state index contributed by atoms with van der Waals surface area (Å²) in [7, 11) is 1.64. The first-order chi connectivity index (χ1) is 10.7. The Kier molecular flexibility index (Phi) is 12.0. The number of halogens is 1. The molecule has 23 heavy (non-hydrogen) atoms. The molecule has 1 aromatic rings. The fraction of sp³-hybridized carbons (Fsp3) is 0.471. The van der Waals surface area contributed by atoms with Gasteiger partial charge in [0.1, 0.15) is 0 Å². The maximum atomic E-state index is 5.64. The van der Waals surface area contributed by atoms with Gasteiger partial charge in [-0.1, -0.05) is 18.9 Å². The van der Waals surface area contributed by atoms with E-state index in [9.17, 15) is 0 Å². The van der Waals surface area contributed by atoms with E-state index >= 15 is 0 Å². The maximum absolute atomic E-state index is 5.64. The van der Waals surface area contributed by atoms with E-state index in [0.717, 1.165) is 30.0 Å². The van der Waals surface area contributed by atoms with Crippen LogP contribution in [0.15, 0.2) is 23.2 Å². The number of guanidine groups is 1. The van der Waals surface area contributed by atoms with E-state index in [1.165, 1.54) is 0 Å². The van der Waals surface area contributed by atoms with E-state index < -0.39 is 0 Å². The monoisotopic (exact) mass is 431 g/mol. The zero-order chi connectivity index (χ0) is 16.2. The first-order valence-electron chi connectivity index (χ1n) is 7.50. The molecule has 0 aliphatic carbocycles. The molecule has 0 aliphatic heterocycles. The van der Waals surface area contributed by atoms with Crippen molar-refractivity contribution >= 4 is 29.9 Å². The number of methoxy groups -OCH3 is 1. The van der Waals surface area contributed by atoms with Crippen LogP contribution in [0, 0.1) is 12.3 Å². The molecule has 0 saturated carbocycles. The van der Waals surface area contributed by atoms with Crippen molar-refractivity contribution in [2.45, 2.75) is 26.8 Å². The number of hydrogen-bond acceptors (Lipinski definition) is 3. The SMILES string of the molecule is C#CCNC(=NCc1ccc(OCCC)c(OC)c1)NCC.I. The fourth-order valence-electron chi connectivity index (χ4n) is 1.79. The van der Waals surface area contributed by atoms with E-state index in [-0.39, 0.29) is 24.0 Å². The molecule has 5 nitrogen and oxygen atoms in total. The van der Waals surface area contributed by atoms with Gasteiger partial charge in [-0.05, 0) is 31.0 Å². The van der Waals surface area contributed by atoms with Crippen LogP contribution < -0.4 is 20.1 Å². The molecule has 0 saturated heterocycles. The summed E-state index contributed by atoms with van der Waals surface area (Å²) in [6.07, 6.45) is 6.21. The summed E-state index contributed by atoms with van der Waals surface area (Å²) < 4.78 is 11.0. The van der Waals surface area contributed by atoms with Crippen LogP contribution in [0.1, 0.15) is 25.8 Å². The fourth-order valence-corrected chi connectivity index (χ4v) is 1.79. The highest BCUT2D eigenvalue weighted by molar-refractivity contribution is 14.0. The van der Waals surface area contributed by atoms with Gasteiger partial charge in [-0.2, -0.15) is 0 Å². The van der Waals surface area contributed by atoms with Gasteiger partial charge in [-0.25, -0.2) is 4.99 Å². The molecule has 2 N–H and O–H groups in total. The predicted molar refractivity (Wildman–Crippen MR) is 106 cm³/mol. The molecule has 1 aromatic carbocycles. The van der Waals surface area contributed by atoms with Crippen molar-refractivity contribution in [1.29, 1.82) is 0 Å². The summed E-state index contributed by atoms with van der Waals surface area (Å²) in [4.78, 5) is 4.49. The number of terminal acetylenes is 1. The number of hydrogen-bond donors (Lipinski definition) is 2. The average molecular weight is 431 g/mol. The van der Waals surface area contributed by atoms with Crippen molar-refractivity contribution in [2.75, 3.05) is 26.8 Å². The number of ether oxygens (including phenoxy) is 2. The number of benzene rings is 1. The third-order valence-electron chi connectivity index (χ3n) is 2.81. The summed E-state index contributed by atoms with van der Waals surface area (Å²) in [5.74, 6) is 4.71. The van der Waals surface area contributed by atoms with Crippen LogP contribution in [0.2, 0.25) is 0 Å². The minimum Gasteiger partial charge on any atom is -0.493 e. The lowest BCUT2D eigenvalue weighted by Gasteiger charge is -2.12. The Bertz CT molecular complexity index is 527. The Morgan fingerprint density at radius 2 is 2.04 bits per heavy atom. The molecule has 0 fully saturated rings. The Morgan fingerprint density at radius 3 is 2.65 bits per heavy atom. The number of aliphatic imine (C=N–C) groups is 1. The third-order valence-corrected chi connectivity index (χ3v) is 2.81. The second kappa shape index (κ2) is 12.9. The quantitative estimate of drug-likeness (QED) is 0.288. The van der Waals surface area contributed by atoms with E-state index in [1.54, 1.807) is 7.11 Å². The van der Waals surface area contributed by atoms with Crippen LogP contribution in [-0.4, -0.2) is 32.8 Å². The van der Waals surface area contributed by atoms with Crippen LogP contribution in [0.3, 0.4) is 0 Å². The van der Waals surface area contributed by atoms with Crippen LogP contribution in [0.4, 0.5) is 0 Å². The predicted octanol–water partition coefficient (Wildman–Crippen LogP) is 2.79. The Morgan fingerprint density at radius 1 is 1.26 bits per heavy atom. The van der Waals surface area contributed by atoms with E-state index in [2.05, 4.69) is 28.5 Å². The zero-order valence-corrected chi connectivity index (χ0v) is 16.3. The van der Waals surface area contributed by atoms with Crippen molar-refractivity contribution in [3.8, 4) is 23.8 Å². The average Bonchev–Trinajstić information content (AvgIpc) is 2.55. The molecule has 0 bridgehead atoms. The lowest BCUT2D eigenvalue weighted by molar-refractivity contribution is 0.294. The van der Waals surface area contributed by atoms with Crippen molar-refractivity contribution in [2.24, 2.45) is 4.99 Å². The molecule has 0 radical (unpaired) electrons. The van der Waals surface area contributed by atoms with E-state index in [0.29, 0.717) is 25.7 Å². The summed E-state index contributed by atoms with van der Waals surface area (Å²) in [6.45, 7) is 6.51. The number of nitrogens with one attached hydrogen (secondary N) is 2. The molecule has 0 unspecified atom stereocenters. The lowest BCUT2D eigenvalue weighted by Crippen LogP contribution is -2.37. The highest BCUT2D eigenvalue weighted by Crippen LogP contribution is 2.28. The molecule has 0 aromatic heterocycles. The van der Waals surface area contributed by atoms with E-state index in [4.69, 9.17) is 15.9 Å². The first-order valence-corrected chi connectivity index (χ1v) is 7.50. The van der Waals surface area contributed by atoms with Gasteiger partial charge in [0.15, 0.2) is 17.5 Å². The highest BCUT2D eigenvalue weighted by atomic mass is 127. The largest absolute Gasteiger partial charge is 0.493 e. The number of nitrogens with zero attached hydrogens (tertiary/aromatic N) is 1. The summed E-state index contributed by atoms with van der Waals surface area (Å²) in [5, 5.41) is 6.20. The van der Waals surface area contributed by atoms with Crippen molar-refractivity contribution in [3.05, 3.63) is 23.8 Å². The van der Waals surface area contributed by atoms with Gasteiger partial charge in [0.2, 0.25) is 0 Å². The summed E-state index contributed by atoms with van der Waals surface area (Å²) >= 11 is 0. The van der Waals surface area contributed by atoms with Gasteiger partial charge in [0.05, 0.1) is 26.8 Å². The molecular weight excluding hydrogens is 405 g/mol. The molecule has 1 rings (SSSR count). The maximum Gasteiger partial charge on any atom is 0.192 e. The van der Waals surface area contributed by atoms with Crippen LogP contribution in [0.5, 0.6) is 11.5 Å². The highest BCUT2D eigenvalue weighted by Gasteiger charge is 2.05. The summed E-state index contributed by atoms with van der Waals surface area (Å²) in [6, 6.07) is 5.85. The topological polar surface area (TPSA) is 54.9 Å². The van der Waals surface area contributed by atoms with Crippen LogP contribution in [0.25, 0.3) is 0 Å². The van der Waals surface area contributed by atoms with E-state index in [1.807, 2.05) is 25.1 Å². The molecule has 128 valence electrons. The van der Waals surface area contributed by atoms with Gasteiger partial charge < -0.3 is 20.1 Å². The van der Waals surface area contributed by atoms with Gasteiger partial charge >= 0.3 is 0 Å². The van der Waals surface area contributed by atoms with Gasteiger partial charge in [0.25, 0.3) is 0 Å². The standard InChI is InChI=1S/C17H25N3O2.HI/c1-5-10-19-17(18-7-3)20-13-14-8-9-15(22-11-6-2)16(12-14)21-4;/h1,8-9,12H,6-7,10-11,13H2,2-4H3,(H2,18,19,20);1H. The molecule has 0 heterocycles. The van der Waals surface area contributed by atoms with Crippen LogP contribution in [-0.2, 0) is 6.54 Å². The normalized spacial score (nSPS) is 10.3. The Balaban J connectivity index is 0.00000484. The number of rotatable bonds is 8. The van der Waals surface area contributed by atoms with Gasteiger partial charge in [0, 0.05) is 6.54 Å². The first kappa shape index (κ1) is 21.4. The second-order valence-electron chi connectivity index (χ2n) is 4.59. The smallest absolute Gasteiger partial charge is 0.192 e. The lowest BCUT2D eigenvalue weighted by atomic mass is 10.2. The summed E-state index contributed by atoms with van der Waals surface area (Å²) in [5.41, 5.74) is 1.04. The molecule has 0 amide bonds. The van der Waals surface area contributed by atoms with Gasteiger partial charge in [-0.15, -0.1) is 30.4 Å². The third kappa shape index (κ3) is 7.98. The minimum atomic E-state index is 0. The van der Waals surface area contributed by atoms with Gasteiger partial charge in [-0.3, -0.25) is 0 Å². The minimum absolute atomic E-state index is 0. The molecule has 0 atom stereocenters.